The molecule has 2 heterocycles. The van der Waals surface area contributed by atoms with E-state index in [1.165, 1.54) is 14.0 Å². The van der Waals surface area contributed by atoms with Crippen LogP contribution in [0.5, 0.6) is 0 Å². The molecular formula is C12H17NO4. The number of hydrogen-bond acceptors (Lipinski definition) is 4. The number of amides is 1. The Balaban J connectivity index is 2.18. The van der Waals surface area contributed by atoms with Crippen LogP contribution in [0.4, 0.5) is 4.79 Å². The van der Waals surface area contributed by atoms with Crippen molar-refractivity contribution in [3.63, 3.8) is 0 Å². The molecule has 0 radical (unpaired) electrons. The van der Waals surface area contributed by atoms with E-state index in [9.17, 15) is 9.59 Å². The minimum Gasteiger partial charge on any atom is -0.460 e. The Morgan fingerprint density at radius 1 is 1.35 bits per heavy atom. The number of piperidine rings is 1. The Kier molecular flexibility index (Phi) is 3.36. The quantitative estimate of drug-likeness (QED) is 0.513. The first-order chi connectivity index (χ1) is 8.13. The second-order valence-electron chi connectivity index (χ2n) is 4.40. The third-order valence-corrected chi connectivity index (χ3v) is 3.33. The summed E-state index contributed by atoms with van der Waals surface area (Å²) in [5.41, 5.74) is 0. The van der Waals surface area contributed by atoms with E-state index in [1.807, 2.05) is 12.2 Å². The fraction of sp³-hybridized carbons (Fsp3) is 0.667. The van der Waals surface area contributed by atoms with Gasteiger partial charge in [0.2, 0.25) is 0 Å². The number of esters is 1. The van der Waals surface area contributed by atoms with Crippen LogP contribution in [0, 0.1) is 0 Å². The van der Waals surface area contributed by atoms with Gasteiger partial charge in [0.1, 0.15) is 6.10 Å². The molecule has 3 unspecified atom stereocenters. The van der Waals surface area contributed by atoms with Gasteiger partial charge >= 0.3 is 12.1 Å². The standard InChI is InChI=1S/C12H17NO4/c1-8(14)17-11-7-6-9-4-3-5-10(11)13(9)12(15)16-2/h3-4,9-11H,5-7H2,1-2H3. The largest absolute Gasteiger partial charge is 0.460 e. The van der Waals surface area contributed by atoms with Crippen molar-refractivity contribution in [3.8, 4) is 0 Å². The molecule has 0 aromatic carbocycles. The molecule has 0 aromatic heterocycles. The molecule has 17 heavy (non-hydrogen) atoms. The highest BCUT2D eigenvalue weighted by atomic mass is 16.6. The van der Waals surface area contributed by atoms with Crippen LogP contribution in [0.25, 0.3) is 0 Å². The molecule has 0 spiro atoms. The molecule has 0 saturated carbocycles. The Hall–Kier alpha value is -1.52. The number of rotatable bonds is 1. The molecule has 2 aliphatic heterocycles. The number of ether oxygens (including phenoxy) is 2. The van der Waals surface area contributed by atoms with Crippen LogP contribution in [-0.4, -0.2) is 42.3 Å². The molecule has 2 bridgehead atoms. The number of carbonyl (C=O) groups excluding carboxylic acids is 2. The first-order valence-electron chi connectivity index (χ1n) is 5.83. The summed E-state index contributed by atoms with van der Waals surface area (Å²) in [5, 5.41) is 0. The summed E-state index contributed by atoms with van der Waals surface area (Å²) in [4.78, 5) is 24.5. The molecule has 5 nitrogen and oxygen atoms in total. The summed E-state index contributed by atoms with van der Waals surface area (Å²) in [6.45, 7) is 1.40. The summed E-state index contributed by atoms with van der Waals surface area (Å²) >= 11 is 0. The number of fused-ring (bicyclic) bond motifs is 2. The highest BCUT2D eigenvalue weighted by Gasteiger charge is 2.42. The van der Waals surface area contributed by atoms with Crippen molar-refractivity contribution in [3.05, 3.63) is 12.2 Å². The first kappa shape index (κ1) is 12.0. The van der Waals surface area contributed by atoms with E-state index in [1.54, 1.807) is 4.90 Å². The van der Waals surface area contributed by atoms with Gasteiger partial charge < -0.3 is 9.47 Å². The highest BCUT2D eigenvalue weighted by molar-refractivity contribution is 5.70. The molecule has 94 valence electrons. The molecule has 3 atom stereocenters. The SMILES string of the molecule is COC(=O)N1C2C=CCC1C(OC(C)=O)CC2. The van der Waals surface area contributed by atoms with Gasteiger partial charge in [-0.3, -0.25) is 9.69 Å². The molecular weight excluding hydrogens is 222 g/mol. The van der Waals surface area contributed by atoms with E-state index in [-0.39, 0.29) is 30.3 Å². The lowest BCUT2D eigenvalue weighted by atomic mass is 9.87. The Labute approximate surface area is 100 Å². The van der Waals surface area contributed by atoms with Crippen molar-refractivity contribution >= 4 is 12.1 Å². The average molecular weight is 239 g/mol. The van der Waals surface area contributed by atoms with E-state index < -0.39 is 0 Å². The fourth-order valence-corrected chi connectivity index (χ4v) is 2.65. The van der Waals surface area contributed by atoms with Crippen LogP contribution in [0.2, 0.25) is 0 Å². The average Bonchev–Trinajstić information content (AvgIpc) is 2.31. The third kappa shape index (κ3) is 2.28. The molecule has 2 aliphatic rings. The molecule has 1 amide bonds. The van der Waals surface area contributed by atoms with Crippen molar-refractivity contribution in [2.75, 3.05) is 7.11 Å². The summed E-state index contributed by atoms with van der Waals surface area (Å²) in [6, 6.07) is -0.0110. The summed E-state index contributed by atoms with van der Waals surface area (Å²) in [6.07, 6.45) is 5.83. The Bertz CT molecular complexity index is 352. The van der Waals surface area contributed by atoms with Gasteiger partial charge in [0.15, 0.2) is 0 Å². The predicted octanol–water partition coefficient (Wildman–Crippen LogP) is 1.48. The van der Waals surface area contributed by atoms with Gasteiger partial charge in [-0.05, 0) is 19.3 Å². The van der Waals surface area contributed by atoms with Gasteiger partial charge in [0.25, 0.3) is 0 Å². The van der Waals surface area contributed by atoms with E-state index in [4.69, 9.17) is 9.47 Å². The van der Waals surface area contributed by atoms with Crippen molar-refractivity contribution in [1.29, 1.82) is 0 Å². The number of methoxy groups -OCH3 is 1. The Morgan fingerprint density at radius 2 is 2.12 bits per heavy atom. The maximum Gasteiger partial charge on any atom is 0.410 e. The van der Waals surface area contributed by atoms with Gasteiger partial charge in [-0.1, -0.05) is 12.2 Å². The van der Waals surface area contributed by atoms with Crippen LogP contribution < -0.4 is 0 Å². The summed E-state index contributed by atoms with van der Waals surface area (Å²) < 4.78 is 10.1. The molecule has 5 heteroatoms. The van der Waals surface area contributed by atoms with Crippen LogP contribution in [0.1, 0.15) is 26.2 Å². The molecule has 0 N–H and O–H groups in total. The lowest BCUT2D eigenvalue weighted by Crippen LogP contribution is -2.57. The Morgan fingerprint density at radius 3 is 2.76 bits per heavy atom. The first-order valence-corrected chi connectivity index (χ1v) is 5.83. The van der Waals surface area contributed by atoms with Crippen molar-refractivity contribution in [1.82, 2.24) is 4.90 Å². The zero-order valence-electron chi connectivity index (χ0n) is 10.1. The fourth-order valence-electron chi connectivity index (χ4n) is 2.65. The molecule has 0 aromatic rings. The van der Waals surface area contributed by atoms with E-state index >= 15 is 0 Å². The predicted molar refractivity (Wildman–Crippen MR) is 60.4 cm³/mol. The lowest BCUT2D eigenvalue weighted by molar-refractivity contribution is -0.153. The van der Waals surface area contributed by atoms with Gasteiger partial charge in [0.05, 0.1) is 19.2 Å². The van der Waals surface area contributed by atoms with Gasteiger partial charge in [-0.2, -0.15) is 0 Å². The van der Waals surface area contributed by atoms with Crippen molar-refractivity contribution in [2.45, 2.75) is 44.4 Å². The minimum atomic E-state index is -0.346. The summed E-state index contributed by atoms with van der Waals surface area (Å²) in [5.74, 6) is -0.298. The number of carbonyl (C=O) groups is 2. The zero-order valence-corrected chi connectivity index (χ0v) is 10.1. The maximum absolute atomic E-state index is 11.7. The maximum atomic E-state index is 11.7. The number of nitrogens with zero attached hydrogens (tertiary/aromatic N) is 1. The molecule has 1 fully saturated rings. The monoisotopic (exact) mass is 239 g/mol. The normalized spacial score (nSPS) is 30.9. The van der Waals surface area contributed by atoms with Crippen LogP contribution in [0.15, 0.2) is 12.2 Å². The topological polar surface area (TPSA) is 55.8 Å². The molecule has 1 saturated heterocycles. The number of hydrogen-bond donors (Lipinski definition) is 0. The van der Waals surface area contributed by atoms with E-state index in [0.29, 0.717) is 6.42 Å². The summed E-state index contributed by atoms with van der Waals surface area (Å²) in [7, 11) is 1.37. The van der Waals surface area contributed by atoms with Crippen LogP contribution in [-0.2, 0) is 14.3 Å². The minimum absolute atomic E-state index is 0.0769. The third-order valence-electron chi connectivity index (χ3n) is 3.33. The molecule has 0 aliphatic carbocycles. The second-order valence-corrected chi connectivity index (χ2v) is 4.40. The smallest absolute Gasteiger partial charge is 0.410 e. The van der Waals surface area contributed by atoms with Gasteiger partial charge in [0, 0.05) is 6.92 Å². The highest BCUT2D eigenvalue weighted by Crippen LogP contribution is 2.32. The van der Waals surface area contributed by atoms with Gasteiger partial charge in [-0.15, -0.1) is 0 Å². The zero-order chi connectivity index (χ0) is 12.4. The van der Waals surface area contributed by atoms with Crippen molar-refractivity contribution < 1.29 is 19.1 Å². The van der Waals surface area contributed by atoms with Crippen molar-refractivity contribution in [2.24, 2.45) is 0 Å². The van der Waals surface area contributed by atoms with E-state index in [0.717, 1.165) is 12.8 Å². The lowest BCUT2D eigenvalue weighted by Gasteiger charge is -2.45. The van der Waals surface area contributed by atoms with Crippen LogP contribution in [0.3, 0.4) is 0 Å². The second kappa shape index (κ2) is 4.77. The van der Waals surface area contributed by atoms with Crippen LogP contribution >= 0.6 is 0 Å². The molecule has 2 rings (SSSR count). The van der Waals surface area contributed by atoms with E-state index in [2.05, 4.69) is 0 Å². The van der Waals surface area contributed by atoms with Gasteiger partial charge in [-0.25, -0.2) is 4.79 Å².